The normalized spacial score (nSPS) is 12.6. The fourth-order valence-electron chi connectivity index (χ4n) is 0.499. The molecule has 0 aliphatic rings. The van der Waals surface area contributed by atoms with Gasteiger partial charge in [-0.2, -0.15) is 0 Å². The van der Waals surface area contributed by atoms with Crippen molar-refractivity contribution in [2.45, 2.75) is 19.0 Å². The molecule has 0 saturated heterocycles. The molecule has 0 amide bonds. The van der Waals surface area contributed by atoms with Crippen LogP contribution in [0.25, 0.3) is 0 Å². The smallest absolute Gasteiger partial charge is 0.403 e. The van der Waals surface area contributed by atoms with Gasteiger partial charge in [0.05, 0.1) is 6.61 Å². The van der Waals surface area contributed by atoms with Crippen molar-refractivity contribution in [1.82, 2.24) is 0 Å². The lowest BCUT2D eigenvalue weighted by atomic mass is 10.4. The van der Waals surface area contributed by atoms with Crippen molar-refractivity contribution in [2.24, 2.45) is 11.5 Å². The largest absolute Gasteiger partial charge is 0.480 e. The highest BCUT2D eigenvalue weighted by Crippen LogP contribution is 2.22. The molecular weight excluding hydrogens is 332 g/mol. The van der Waals surface area contributed by atoms with E-state index in [4.69, 9.17) is 33.3 Å². The zero-order valence-corrected chi connectivity index (χ0v) is 13.0. The summed E-state index contributed by atoms with van der Waals surface area (Å²) in [5.74, 6) is -1.68. The van der Waals surface area contributed by atoms with Crippen LogP contribution in [0.15, 0.2) is 0 Å². The second-order valence-corrected chi connectivity index (χ2v) is 5.99. The first kappa shape index (κ1) is 21.6. The topological polar surface area (TPSA) is 153 Å². The summed E-state index contributed by atoms with van der Waals surface area (Å²) in [4.78, 5) is 30.1. The van der Waals surface area contributed by atoms with Gasteiger partial charge in [0.15, 0.2) is 0 Å². The maximum atomic E-state index is 10.3. The SMILES string of the molecule is CCOC(=O)Cl.NC(CSSCC(N)C(=O)O)C(=O)O. The van der Waals surface area contributed by atoms with Gasteiger partial charge in [-0.1, -0.05) is 21.6 Å². The van der Waals surface area contributed by atoms with Gasteiger partial charge in [-0.05, 0) is 6.92 Å². The Labute approximate surface area is 128 Å². The summed E-state index contributed by atoms with van der Waals surface area (Å²) in [5.41, 5.74) is 9.69. The number of ether oxygens (including phenoxy) is 1. The third-order valence-corrected chi connectivity index (χ3v) is 4.05. The molecule has 0 aliphatic heterocycles. The van der Waals surface area contributed by atoms with Crippen LogP contribution in [0.2, 0.25) is 0 Å². The summed E-state index contributed by atoms with van der Waals surface area (Å²) < 4.78 is 4.17. The Balaban J connectivity index is 0. The predicted octanol–water partition coefficient (Wildman–Crippen LogP) is 0.573. The molecule has 20 heavy (non-hydrogen) atoms. The third-order valence-electron chi connectivity index (χ3n) is 1.47. The molecule has 0 aromatic heterocycles. The van der Waals surface area contributed by atoms with Gasteiger partial charge in [0, 0.05) is 23.1 Å². The first-order valence-electron chi connectivity index (χ1n) is 5.25. The third kappa shape index (κ3) is 15.4. The van der Waals surface area contributed by atoms with E-state index in [0.717, 1.165) is 0 Å². The van der Waals surface area contributed by atoms with E-state index in [2.05, 4.69) is 4.74 Å². The van der Waals surface area contributed by atoms with Gasteiger partial charge >= 0.3 is 17.4 Å². The molecule has 0 saturated carbocycles. The van der Waals surface area contributed by atoms with Crippen LogP contribution in [0.3, 0.4) is 0 Å². The summed E-state index contributed by atoms with van der Waals surface area (Å²) in [6.45, 7) is 2.04. The number of carbonyl (C=O) groups is 3. The summed E-state index contributed by atoms with van der Waals surface area (Å²) in [6, 6.07) is -1.85. The van der Waals surface area contributed by atoms with Crippen molar-refractivity contribution in [3.05, 3.63) is 0 Å². The molecule has 11 heteroatoms. The van der Waals surface area contributed by atoms with E-state index in [-0.39, 0.29) is 11.5 Å². The minimum Gasteiger partial charge on any atom is -0.480 e. The van der Waals surface area contributed by atoms with Gasteiger partial charge in [-0.3, -0.25) is 9.59 Å². The Morgan fingerprint density at radius 2 is 1.45 bits per heavy atom. The summed E-state index contributed by atoms with van der Waals surface area (Å²) in [5, 5.41) is 16.8. The number of halogens is 1. The van der Waals surface area contributed by atoms with Gasteiger partial charge < -0.3 is 26.4 Å². The Morgan fingerprint density at radius 3 is 1.60 bits per heavy atom. The maximum Gasteiger partial charge on any atom is 0.403 e. The summed E-state index contributed by atoms with van der Waals surface area (Å²) in [7, 11) is 2.41. The highest BCUT2D eigenvalue weighted by molar-refractivity contribution is 8.76. The molecule has 8 nitrogen and oxygen atoms in total. The van der Waals surface area contributed by atoms with Crippen LogP contribution >= 0.6 is 33.2 Å². The molecule has 0 aromatic carbocycles. The average molecular weight is 349 g/mol. The van der Waals surface area contributed by atoms with Crippen LogP contribution in [0.4, 0.5) is 4.79 Å². The molecule has 6 N–H and O–H groups in total. The van der Waals surface area contributed by atoms with E-state index < -0.39 is 29.5 Å². The number of carboxylic acids is 2. The summed E-state index contributed by atoms with van der Waals surface area (Å²) in [6.07, 6.45) is 0. The molecule has 2 unspecified atom stereocenters. The van der Waals surface area contributed by atoms with Crippen LogP contribution < -0.4 is 11.5 Å². The lowest BCUT2D eigenvalue weighted by Gasteiger charge is -2.07. The first-order chi connectivity index (χ1) is 9.22. The van der Waals surface area contributed by atoms with Crippen molar-refractivity contribution < 1.29 is 29.3 Å². The fourth-order valence-corrected chi connectivity index (χ4v) is 2.84. The maximum absolute atomic E-state index is 10.3. The van der Waals surface area contributed by atoms with Crippen LogP contribution in [0.1, 0.15) is 6.92 Å². The molecule has 0 spiro atoms. The van der Waals surface area contributed by atoms with Crippen molar-refractivity contribution in [3.63, 3.8) is 0 Å². The lowest BCUT2D eigenvalue weighted by molar-refractivity contribution is -0.138. The van der Waals surface area contributed by atoms with Gasteiger partial charge in [-0.25, -0.2) is 4.79 Å². The molecule has 0 aromatic rings. The molecule has 118 valence electrons. The second-order valence-electron chi connectivity index (χ2n) is 3.13. The van der Waals surface area contributed by atoms with E-state index in [0.29, 0.717) is 6.61 Å². The number of hydrogen-bond acceptors (Lipinski definition) is 8. The monoisotopic (exact) mass is 348 g/mol. The number of aliphatic carboxylic acids is 2. The standard InChI is InChI=1S/C6H12N2O4S2.C3H5ClO2/c7-3(5(9)10)1-13-14-2-4(8)6(11)12;1-2-6-3(4)5/h3-4H,1-2,7-8H2,(H,9,10)(H,11,12);2H2,1H3. The Bertz CT molecular complexity index is 299. The van der Waals surface area contributed by atoms with Gasteiger partial charge in [0.25, 0.3) is 0 Å². The molecule has 2 atom stereocenters. The lowest BCUT2D eigenvalue weighted by Crippen LogP contribution is -2.33. The highest BCUT2D eigenvalue weighted by Gasteiger charge is 2.14. The molecule has 0 rings (SSSR count). The quantitative estimate of drug-likeness (QED) is 0.278. The summed E-state index contributed by atoms with van der Waals surface area (Å²) >= 11 is 4.72. The number of rotatable bonds is 8. The number of nitrogens with two attached hydrogens (primary N) is 2. The Kier molecular flexibility index (Phi) is 14.4. The highest BCUT2D eigenvalue weighted by atomic mass is 35.5. The zero-order valence-electron chi connectivity index (χ0n) is 10.7. The van der Waals surface area contributed by atoms with Crippen molar-refractivity contribution in [2.75, 3.05) is 18.1 Å². The van der Waals surface area contributed by atoms with Crippen LogP contribution in [0.5, 0.6) is 0 Å². The number of hydrogen-bond donors (Lipinski definition) is 4. The Morgan fingerprint density at radius 1 is 1.10 bits per heavy atom. The van der Waals surface area contributed by atoms with E-state index in [1.54, 1.807) is 6.92 Å². The van der Waals surface area contributed by atoms with Crippen molar-refractivity contribution in [3.8, 4) is 0 Å². The van der Waals surface area contributed by atoms with Crippen molar-refractivity contribution >= 4 is 50.6 Å². The number of carbonyl (C=O) groups excluding carboxylic acids is 1. The average Bonchev–Trinajstić information content (AvgIpc) is 2.34. The number of carboxylic acid groups (broad SMARTS) is 2. The minimum absolute atomic E-state index is 0.229. The fraction of sp³-hybridized carbons (Fsp3) is 0.667. The molecule has 0 fully saturated rings. The van der Waals surface area contributed by atoms with Crippen molar-refractivity contribution in [1.29, 1.82) is 0 Å². The zero-order chi connectivity index (χ0) is 16.1. The van der Waals surface area contributed by atoms with Crippen LogP contribution in [-0.2, 0) is 14.3 Å². The molecular formula is C9H17ClN2O6S2. The molecule has 0 radical (unpaired) electrons. The van der Waals surface area contributed by atoms with E-state index in [1.165, 1.54) is 21.6 Å². The van der Waals surface area contributed by atoms with Gasteiger partial charge in [0.1, 0.15) is 12.1 Å². The van der Waals surface area contributed by atoms with Crippen LogP contribution in [0, 0.1) is 0 Å². The van der Waals surface area contributed by atoms with E-state index in [1.807, 2.05) is 0 Å². The van der Waals surface area contributed by atoms with E-state index in [9.17, 15) is 14.4 Å². The second kappa shape index (κ2) is 13.3. The first-order valence-corrected chi connectivity index (χ1v) is 8.12. The van der Waals surface area contributed by atoms with Gasteiger partial charge in [-0.15, -0.1) is 0 Å². The molecule has 0 bridgehead atoms. The molecule has 0 aliphatic carbocycles. The van der Waals surface area contributed by atoms with Crippen LogP contribution in [-0.4, -0.2) is 57.8 Å². The predicted molar refractivity (Wildman–Crippen MR) is 79.0 cm³/mol. The Hall–Kier alpha value is -0.680. The van der Waals surface area contributed by atoms with E-state index >= 15 is 0 Å². The van der Waals surface area contributed by atoms with Gasteiger partial charge in [0.2, 0.25) is 0 Å². The molecule has 0 heterocycles. The minimum atomic E-state index is -1.07.